The summed E-state index contributed by atoms with van der Waals surface area (Å²) in [6.45, 7) is 0.758. The van der Waals surface area contributed by atoms with E-state index >= 15 is 4.39 Å². The molecule has 1 atom stereocenters. The maximum Gasteiger partial charge on any atom is 0.346 e. The molecule has 0 spiro atoms. The molecule has 12 nitrogen and oxygen atoms in total. The van der Waals surface area contributed by atoms with E-state index in [1.54, 1.807) is 18.2 Å². The number of rotatable bonds is 9. The number of hydrazine groups is 1. The fraction of sp³-hybridized carbons (Fsp3) is 0.167. The zero-order valence-electron chi connectivity index (χ0n) is 23.6. The van der Waals surface area contributed by atoms with Crippen molar-refractivity contribution in [2.75, 3.05) is 31.0 Å². The SMILES string of the molecule is COc1cc2nccc(Oc3ccc(NC(=O)C4NN(CC(C)=O)C(=O)N(c5ccc(F)cc5)C4=O)cc3F)c2cc1OC. The Morgan fingerprint density at radius 3 is 2.30 bits per heavy atom. The van der Waals surface area contributed by atoms with Crippen LogP contribution in [0.1, 0.15) is 6.92 Å². The number of carbonyl (C=O) groups excluding carboxylic acids is 4. The minimum Gasteiger partial charge on any atom is -0.493 e. The second-order valence-electron chi connectivity index (χ2n) is 9.55. The van der Waals surface area contributed by atoms with E-state index in [1.807, 2.05) is 0 Å². The Labute approximate surface area is 249 Å². The van der Waals surface area contributed by atoms with E-state index in [1.165, 1.54) is 51.6 Å². The summed E-state index contributed by atoms with van der Waals surface area (Å²) in [6.07, 6.45) is 1.49. The van der Waals surface area contributed by atoms with E-state index in [0.29, 0.717) is 27.3 Å². The van der Waals surface area contributed by atoms with Gasteiger partial charge in [-0.05, 0) is 55.5 Å². The number of anilines is 2. The number of amides is 4. The molecule has 1 fully saturated rings. The third-order valence-corrected chi connectivity index (χ3v) is 6.53. The molecule has 5 rings (SSSR count). The number of imide groups is 1. The van der Waals surface area contributed by atoms with Crippen molar-refractivity contribution < 1.29 is 42.2 Å². The average molecular weight is 606 g/mol. The Hall–Kier alpha value is -5.63. The highest BCUT2D eigenvalue weighted by molar-refractivity contribution is 6.25. The van der Waals surface area contributed by atoms with Crippen LogP contribution in [0.25, 0.3) is 10.9 Å². The summed E-state index contributed by atoms with van der Waals surface area (Å²) >= 11 is 0. The van der Waals surface area contributed by atoms with E-state index in [-0.39, 0.29) is 22.9 Å². The van der Waals surface area contributed by atoms with E-state index in [4.69, 9.17) is 14.2 Å². The third-order valence-electron chi connectivity index (χ3n) is 6.53. The molecular formula is C30H25F2N5O7. The lowest BCUT2D eigenvalue weighted by Crippen LogP contribution is -2.69. The molecule has 3 aromatic carbocycles. The summed E-state index contributed by atoms with van der Waals surface area (Å²) in [6, 6.07) is 10.3. The molecule has 1 aliphatic heterocycles. The monoisotopic (exact) mass is 605 g/mol. The Bertz CT molecular complexity index is 1780. The van der Waals surface area contributed by atoms with E-state index in [9.17, 15) is 23.6 Å². The molecule has 1 unspecified atom stereocenters. The summed E-state index contributed by atoms with van der Waals surface area (Å²) in [5, 5.41) is 3.76. The highest BCUT2D eigenvalue weighted by atomic mass is 19.1. The molecule has 0 aliphatic carbocycles. The number of Topliss-reactive ketones (excluding diaryl/α,β-unsaturated/α-hetero) is 1. The van der Waals surface area contributed by atoms with Crippen LogP contribution in [0.4, 0.5) is 25.0 Å². The van der Waals surface area contributed by atoms with Crippen LogP contribution in [0.2, 0.25) is 0 Å². The molecule has 0 saturated carbocycles. The summed E-state index contributed by atoms with van der Waals surface area (Å²) in [4.78, 5) is 56.2. The summed E-state index contributed by atoms with van der Waals surface area (Å²) < 4.78 is 45.1. The number of benzene rings is 3. The number of hydrogen-bond acceptors (Lipinski definition) is 9. The minimum atomic E-state index is -1.69. The van der Waals surface area contributed by atoms with Gasteiger partial charge in [-0.2, -0.15) is 0 Å². The lowest BCUT2D eigenvalue weighted by Gasteiger charge is -2.38. The van der Waals surface area contributed by atoms with Gasteiger partial charge in [0.25, 0.3) is 11.8 Å². The fourth-order valence-electron chi connectivity index (χ4n) is 4.48. The number of ether oxygens (including phenoxy) is 3. The van der Waals surface area contributed by atoms with Crippen molar-refractivity contribution in [2.24, 2.45) is 0 Å². The molecule has 0 bridgehead atoms. The van der Waals surface area contributed by atoms with Crippen LogP contribution in [-0.4, -0.2) is 60.4 Å². The van der Waals surface area contributed by atoms with Crippen molar-refractivity contribution in [3.05, 3.63) is 78.5 Å². The highest BCUT2D eigenvalue weighted by Crippen LogP contribution is 2.37. The lowest BCUT2D eigenvalue weighted by molar-refractivity contribution is -0.132. The van der Waals surface area contributed by atoms with Gasteiger partial charge in [-0.3, -0.25) is 24.4 Å². The zero-order chi connectivity index (χ0) is 31.5. The first-order valence-electron chi connectivity index (χ1n) is 13.0. The Morgan fingerprint density at radius 1 is 0.932 bits per heavy atom. The number of nitrogens with one attached hydrogen (secondary N) is 2. The third kappa shape index (κ3) is 5.96. The van der Waals surface area contributed by atoms with E-state index < -0.39 is 47.8 Å². The number of fused-ring (bicyclic) bond motifs is 1. The summed E-state index contributed by atoms with van der Waals surface area (Å²) in [5.41, 5.74) is 2.93. The second-order valence-corrected chi connectivity index (χ2v) is 9.55. The lowest BCUT2D eigenvalue weighted by atomic mass is 10.1. The predicted molar refractivity (Wildman–Crippen MR) is 154 cm³/mol. The zero-order valence-corrected chi connectivity index (χ0v) is 23.6. The summed E-state index contributed by atoms with van der Waals surface area (Å²) in [5.74, 6) is -2.83. The van der Waals surface area contributed by atoms with Gasteiger partial charge in [0.05, 0.1) is 32.0 Å². The predicted octanol–water partition coefficient (Wildman–Crippen LogP) is 4.19. The van der Waals surface area contributed by atoms with Gasteiger partial charge in [-0.25, -0.2) is 23.9 Å². The molecule has 44 heavy (non-hydrogen) atoms. The number of urea groups is 1. The van der Waals surface area contributed by atoms with Crippen LogP contribution in [0, 0.1) is 11.6 Å². The largest absolute Gasteiger partial charge is 0.493 e. The quantitative estimate of drug-likeness (QED) is 0.269. The Morgan fingerprint density at radius 2 is 1.64 bits per heavy atom. The number of halogens is 2. The van der Waals surface area contributed by atoms with Crippen LogP contribution < -0.4 is 29.9 Å². The smallest absolute Gasteiger partial charge is 0.346 e. The minimum absolute atomic E-state index is 0.0125. The molecule has 1 aromatic heterocycles. The molecule has 0 radical (unpaired) electrons. The molecule has 4 amide bonds. The molecule has 4 aromatic rings. The fourth-order valence-corrected chi connectivity index (χ4v) is 4.48. The average Bonchev–Trinajstić information content (AvgIpc) is 3.00. The molecule has 1 aliphatic rings. The first-order valence-corrected chi connectivity index (χ1v) is 13.0. The first kappa shape index (κ1) is 29.8. The van der Waals surface area contributed by atoms with Gasteiger partial charge in [-0.1, -0.05) is 0 Å². The highest BCUT2D eigenvalue weighted by Gasteiger charge is 2.44. The number of pyridine rings is 1. The van der Waals surface area contributed by atoms with Crippen molar-refractivity contribution in [3.8, 4) is 23.0 Å². The van der Waals surface area contributed by atoms with Gasteiger partial charge in [0.1, 0.15) is 11.6 Å². The number of nitrogens with zero attached hydrogens (tertiary/aromatic N) is 3. The normalized spacial score (nSPS) is 14.9. The van der Waals surface area contributed by atoms with Crippen LogP contribution in [0.5, 0.6) is 23.0 Å². The van der Waals surface area contributed by atoms with Gasteiger partial charge in [-0.15, -0.1) is 0 Å². The van der Waals surface area contributed by atoms with Crippen molar-refractivity contribution in [2.45, 2.75) is 13.0 Å². The van der Waals surface area contributed by atoms with Gasteiger partial charge in [0.2, 0.25) is 0 Å². The van der Waals surface area contributed by atoms with Gasteiger partial charge < -0.3 is 19.5 Å². The number of ketones is 1. The number of aromatic nitrogens is 1. The van der Waals surface area contributed by atoms with Gasteiger partial charge in [0, 0.05) is 29.4 Å². The second kappa shape index (κ2) is 12.3. The van der Waals surface area contributed by atoms with Crippen LogP contribution in [0.3, 0.4) is 0 Å². The Kier molecular flexibility index (Phi) is 8.35. The van der Waals surface area contributed by atoms with E-state index in [0.717, 1.165) is 23.2 Å². The molecule has 14 heteroatoms. The van der Waals surface area contributed by atoms with Gasteiger partial charge >= 0.3 is 6.03 Å². The van der Waals surface area contributed by atoms with Crippen LogP contribution in [0.15, 0.2) is 66.9 Å². The first-order chi connectivity index (χ1) is 21.1. The molecule has 2 N–H and O–H groups in total. The number of hydrogen-bond donors (Lipinski definition) is 2. The number of methoxy groups -OCH3 is 2. The number of carbonyl (C=O) groups is 4. The standard InChI is InChI=1S/C30H25F2N5O7/c1-16(38)15-36-30(41)37(19-7-4-17(31)5-8-19)29(40)27(35-36)28(39)34-18-6-9-24(21(32)12-18)44-23-10-11-33-22-14-26(43-3)25(42-2)13-20(22)23/h4-14,27,35H,15H2,1-3H3,(H,34,39). The van der Waals surface area contributed by atoms with E-state index in [2.05, 4.69) is 15.7 Å². The Balaban J connectivity index is 1.37. The van der Waals surface area contributed by atoms with Crippen LogP contribution >= 0.6 is 0 Å². The molecular weight excluding hydrogens is 580 g/mol. The van der Waals surface area contributed by atoms with Crippen molar-refractivity contribution in [3.63, 3.8) is 0 Å². The van der Waals surface area contributed by atoms with Crippen LogP contribution in [-0.2, 0) is 14.4 Å². The summed E-state index contributed by atoms with van der Waals surface area (Å²) in [7, 11) is 2.96. The topological polar surface area (TPSA) is 139 Å². The maximum absolute atomic E-state index is 15.2. The van der Waals surface area contributed by atoms with Gasteiger partial charge in [0.15, 0.2) is 34.9 Å². The molecule has 1 saturated heterocycles. The van der Waals surface area contributed by atoms with Crippen molar-refractivity contribution in [1.29, 1.82) is 0 Å². The van der Waals surface area contributed by atoms with Crippen molar-refractivity contribution in [1.82, 2.24) is 15.4 Å². The molecule has 2 heterocycles. The maximum atomic E-state index is 15.2. The van der Waals surface area contributed by atoms with Crippen molar-refractivity contribution >= 4 is 45.9 Å². The molecule has 226 valence electrons.